The highest BCUT2D eigenvalue weighted by molar-refractivity contribution is 7.99. The first kappa shape index (κ1) is 12.8. The fraction of sp³-hybridized carbons (Fsp3) is 0.400. The Balaban J connectivity index is 2.89. The Kier molecular flexibility index (Phi) is 5.07. The molecule has 0 radical (unpaired) electrons. The Hall–Kier alpha value is -1.27. The van der Waals surface area contributed by atoms with Crippen LogP contribution in [0.4, 0.5) is 5.69 Å². The van der Waals surface area contributed by atoms with Crippen LogP contribution >= 0.6 is 11.8 Å². The van der Waals surface area contributed by atoms with Crippen LogP contribution in [0.5, 0.6) is 0 Å². The second-order valence-corrected chi connectivity index (χ2v) is 3.95. The number of hydrogen-bond donors (Lipinski definition) is 2. The normalized spacial score (nSPS) is 10.1. The summed E-state index contributed by atoms with van der Waals surface area (Å²) in [6.45, 7) is 2.08. The number of anilines is 1. The number of pyridine rings is 1. The minimum Gasteiger partial charge on any atom is -0.462 e. The van der Waals surface area contributed by atoms with Gasteiger partial charge in [0, 0.05) is 11.9 Å². The zero-order chi connectivity index (χ0) is 12.0. The lowest BCUT2D eigenvalue weighted by molar-refractivity contribution is 0.0527. The number of hydrogen-bond acceptors (Lipinski definition) is 6. The van der Waals surface area contributed by atoms with E-state index in [4.69, 9.17) is 15.6 Å². The molecule has 0 aromatic carbocycles. The van der Waals surface area contributed by atoms with Crippen molar-refractivity contribution in [1.82, 2.24) is 4.98 Å². The Labute approximate surface area is 98.0 Å². The maximum absolute atomic E-state index is 11.5. The van der Waals surface area contributed by atoms with E-state index in [0.717, 1.165) is 0 Å². The molecule has 0 amide bonds. The molecule has 16 heavy (non-hydrogen) atoms. The van der Waals surface area contributed by atoms with Crippen molar-refractivity contribution in [2.75, 3.05) is 24.7 Å². The van der Waals surface area contributed by atoms with Gasteiger partial charge in [-0.1, -0.05) is 0 Å². The molecule has 88 valence electrons. The van der Waals surface area contributed by atoms with Crippen molar-refractivity contribution in [3.8, 4) is 0 Å². The largest absolute Gasteiger partial charge is 0.462 e. The molecule has 0 spiro atoms. The minimum atomic E-state index is -0.451. The molecular formula is C10H14N2O3S. The zero-order valence-electron chi connectivity index (χ0n) is 8.97. The molecule has 1 rings (SSSR count). The number of carbonyl (C=O) groups is 1. The van der Waals surface area contributed by atoms with Gasteiger partial charge in [0.05, 0.1) is 24.5 Å². The number of nitrogen functional groups attached to an aromatic ring is 1. The lowest BCUT2D eigenvalue weighted by atomic mass is 10.2. The van der Waals surface area contributed by atoms with E-state index in [1.165, 1.54) is 24.0 Å². The highest BCUT2D eigenvalue weighted by Gasteiger charge is 2.14. The van der Waals surface area contributed by atoms with Crippen LogP contribution in [0.25, 0.3) is 0 Å². The van der Waals surface area contributed by atoms with Crippen LogP contribution < -0.4 is 5.73 Å². The standard InChI is InChI=1S/C10H14N2O3S/c1-2-15-10(14)7-3-4-12-9(8(7)11)16-6-5-13/h3-4,13H,2,5-6,11H2,1H3. The van der Waals surface area contributed by atoms with Crippen molar-refractivity contribution < 1.29 is 14.6 Å². The van der Waals surface area contributed by atoms with E-state index in [1.807, 2.05) is 0 Å². The molecule has 0 aliphatic rings. The number of rotatable bonds is 5. The predicted octanol–water partition coefficient (Wildman–Crippen LogP) is 0.925. The van der Waals surface area contributed by atoms with Gasteiger partial charge in [-0.05, 0) is 13.0 Å². The first-order valence-electron chi connectivity index (χ1n) is 4.86. The summed E-state index contributed by atoms with van der Waals surface area (Å²) in [5.41, 5.74) is 6.41. The van der Waals surface area contributed by atoms with Crippen LogP contribution in [-0.2, 0) is 4.74 Å². The SMILES string of the molecule is CCOC(=O)c1ccnc(SCCO)c1N. The van der Waals surface area contributed by atoms with Crippen molar-refractivity contribution >= 4 is 23.4 Å². The molecule has 0 atom stereocenters. The van der Waals surface area contributed by atoms with Gasteiger partial charge in [0.15, 0.2) is 0 Å². The fourth-order valence-corrected chi connectivity index (χ4v) is 1.78. The van der Waals surface area contributed by atoms with Crippen molar-refractivity contribution in [2.45, 2.75) is 11.9 Å². The van der Waals surface area contributed by atoms with Gasteiger partial charge in [0.25, 0.3) is 0 Å². The average molecular weight is 242 g/mol. The van der Waals surface area contributed by atoms with Crippen LogP contribution in [0.15, 0.2) is 17.3 Å². The molecular weight excluding hydrogens is 228 g/mol. The molecule has 0 aliphatic heterocycles. The quantitative estimate of drug-likeness (QED) is 0.590. The third-order valence-electron chi connectivity index (χ3n) is 1.78. The zero-order valence-corrected chi connectivity index (χ0v) is 9.79. The van der Waals surface area contributed by atoms with Crippen LogP contribution in [0.2, 0.25) is 0 Å². The Morgan fingerprint density at radius 1 is 1.69 bits per heavy atom. The number of nitrogens with two attached hydrogens (primary N) is 1. The maximum atomic E-state index is 11.5. The molecule has 3 N–H and O–H groups in total. The second-order valence-electron chi connectivity index (χ2n) is 2.87. The van der Waals surface area contributed by atoms with E-state index >= 15 is 0 Å². The summed E-state index contributed by atoms with van der Waals surface area (Å²) in [4.78, 5) is 15.5. The van der Waals surface area contributed by atoms with Gasteiger partial charge in [-0.3, -0.25) is 0 Å². The first-order chi connectivity index (χ1) is 7.70. The summed E-state index contributed by atoms with van der Waals surface area (Å²) in [5, 5.41) is 9.24. The summed E-state index contributed by atoms with van der Waals surface area (Å²) >= 11 is 1.30. The molecule has 0 bridgehead atoms. The monoisotopic (exact) mass is 242 g/mol. The molecule has 1 aromatic rings. The number of nitrogens with zero attached hydrogens (tertiary/aromatic N) is 1. The minimum absolute atomic E-state index is 0.0371. The molecule has 0 fully saturated rings. The Morgan fingerprint density at radius 2 is 2.44 bits per heavy atom. The number of carbonyl (C=O) groups excluding carboxylic acids is 1. The van der Waals surface area contributed by atoms with E-state index in [0.29, 0.717) is 28.6 Å². The van der Waals surface area contributed by atoms with E-state index in [1.54, 1.807) is 6.92 Å². The van der Waals surface area contributed by atoms with E-state index < -0.39 is 5.97 Å². The number of esters is 1. The molecule has 1 heterocycles. The van der Waals surface area contributed by atoms with Gasteiger partial charge in [-0.2, -0.15) is 0 Å². The molecule has 0 aliphatic carbocycles. The number of thioether (sulfide) groups is 1. The topological polar surface area (TPSA) is 85.4 Å². The summed E-state index contributed by atoms with van der Waals surface area (Å²) in [7, 11) is 0. The van der Waals surface area contributed by atoms with Crippen LogP contribution in [0, 0.1) is 0 Å². The average Bonchev–Trinajstić information content (AvgIpc) is 2.28. The van der Waals surface area contributed by atoms with Gasteiger partial charge < -0.3 is 15.6 Å². The van der Waals surface area contributed by atoms with Gasteiger partial charge >= 0.3 is 5.97 Å². The summed E-state index contributed by atoms with van der Waals surface area (Å²) in [5.74, 6) is 0.0389. The highest BCUT2D eigenvalue weighted by atomic mass is 32.2. The van der Waals surface area contributed by atoms with Crippen molar-refractivity contribution in [3.05, 3.63) is 17.8 Å². The predicted molar refractivity (Wildman–Crippen MR) is 62.4 cm³/mol. The van der Waals surface area contributed by atoms with Gasteiger partial charge in [0.1, 0.15) is 5.03 Å². The van der Waals surface area contributed by atoms with Gasteiger partial charge in [0.2, 0.25) is 0 Å². The third-order valence-corrected chi connectivity index (χ3v) is 2.76. The number of aliphatic hydroxyl groups is 1. The van der Waals surface area contributed by atoms with Crippen LogP contribution in [0.1, 0.15) is 17.3 Å². The smallest absolute Gasteiger partial charge is 0.340 e. The first-order valence-corrected chi connectivity index (χ1v) is 5.84. The molecule has 5 nitrogen and oxygen atoms in total. The Morgan fingerprint density at radius 3 is 3.06 bits per heavy atom. The molecule has 0 saturated heterocycles. The second kappa shape index (κ2) is 6.34. The van der Waals surface area contributed by atoms with E-state index in [2.05, 4.69) is 4.98 Å². The van der Waals surface area contributed by atoms with Crippen LogP contribution in [0.3, 0.4) is 0 Å². The number of aliphatic hydroxyl groups excluding tert-OH is 1. The summed E-state index contributed by atoms with van der Waals surface area (Å²) in [6, 6.07) is 1.52. The van der Waals surface area contributed by atoms with Crippen molar-refractivity contribution in [3.63, 3.8) is 0 Å². The Bertz CT molecular complexity index is 371. The summed E-state index contributed by atoms with van der Waals surface area (Å²) < 4.78 is 4.86. The van der Waals surface area contributed by atoms with Crippen LogP contribution in [-0.4, -0.2) is 35.0 Å². The molecule has 0 unspecified atom stereocenters. The van der Waals surface area contributed by atoms with Gasteiger partial charge in [-0.25, -0.2) is 9.78 Å². The molecule has 0 saturated carbocycles. The van der Waals surface area contributed by atoms with E-state index in [9.17, 15) is 4.79 Å². The maximum Gasteiger partial charge on any atom is 0.340 e. The number of ether oxygens (including phenoxy) is 1. The van der Waals surface area contributed by atoms with Crippen molar-refractivity contribution in [1.29, 1.82) is 0 Å². The molecule has 1 aromatic heterocycles. The van der Waals surface area contributed by atoms with E-state index in [-0.39, 0.29) is 6.61 Å². The van der Waals surface area contributed by atoms with Crippen molar-refractivity contribution in [2.24, 2.45) is 0 Å². The number of aromatic nitrogens is 1. The third kappa shape index (κ3) is 3.11. The summed E-state index contributed by atoms with van der Waals surface area (Å²) in [6.07, 6.45) is 1.50. The lowest BCUT2D eigenvalue weighted by Gasteiger charge is -2.08. The highest BCUT2D eigenvalue weighted by Crippen LogP contribution is 2.25. The fourth-order valence-electron chi connectivity index (χ4n) is 1.10. The molecule has 6 heteroatoms. The van der Waals surface area contributed by atoms with Gasteiger partial charge in [-0.15, -0.1) is 11.8 Å². The lowest BCUT2D eigenvalue weighted by Crippen LogP contribution is -2.09.